The first-order chi connectivity index (χ1) is 18.1. The van der Waals surface area contributed by atoms with Crippen LogP contribution in [0.5, 0.6) is 5.75 Å². The number of hydrogen-bond acceptors (Lipinski definition) is 5. The van der Waals surface area contributed by atoms with Gasteiger partial charge in [0.15, 0.2) is 0 Å². The van der Waals surface area contributed by atoms with Crippen LogP contribution in [0, 0.1) is 0 Å². The number of halogens is 3. The van der Waals surface area contributed by atoms with Crippen molar-refractivity contribution in [3.63, 3.8) is 0 Å². The Labute approximate surface area is 246 Å². The van der Waals surface area contributed by atoms with E-state index in [-0.39, 0.29) is 42.8 Å². The third-order valence-electron chi connectivity index (χ3n) is 5.82. The maximum Gasteiger partial charge on any atom is 0.243 e. The number of carbonyl (C=O) groups is 2. The van der Waals surface area contributed by atoms with E-state index in [0.29, 0.717) is 33.5 Å². The first kappa shape index (κ1) is 33.0. The van der Waals surface area contributed by atoms with Gasteiger partial charge in [-0.25, -0.2) is 8.42 Å². The average Bonchev–Trinajstić information content (AvgIpc) is 2.81. The molecule has 0 aliphatic rings. The Morgan fingerprint density at radius 2 is 1.72 bits per heavy atom. The minimum atomic E-state index is -3.67. The Balaban J connectivity index is 2.30. The predicted octanol–water partition coefficient (Wildman–Crippen LogP) is 5.92. The van der Waals surface area contributed by atoms with Crippen LogP contribution >= 0.6 is 34.8 Å². The van der Waals surface area contributed by atoms with Crippen molar-refractivity contribution in [3.8, 4) is 5.75 Å². The first-order valence-corrected chi connectivity index (χ1v) is 15.4. The van der Waals surface area contributed by atoms with Gasteiger partial charge in [-0.3, -0.25) is 13.9 Å². The molecule has 2 rings (SSSR count). The first-order valence-electron chi connectivity index (χ1n) is 12.4. The second-order valence-corrected chi connectivity index (χ2v) is 13.3. The fourth-order valence-corrected chi connectivity index (χ4v) is 5.70. The highest BCUT2D eigenvalue weighted by atomic mass is 35.5. The van der Waals surface area contributed by atoms with Crippen molar-refractivity contribution >= 4 is 62.3 Å². The number of anilines is 1. The van der Waals surface area contributed by atoms with Crippen LogP contribution in [0.4, 0.5) is 5.69 Å². The molecule has 1 atom stereocenters. The van der Waals surface area contributed by atoms with Gasteiger partial charge in [-0.1, -0.05) is 47.8 Å². The molecule has 0 aliphatic carbocycles. The highest BCUT2D eigenvalue weighted by molar-refractivity contribution is 7.92. The van der Waals surface area contributed by atoms with Gasteiger partial charge in [-0.2, -0.15) is 0 Å². The number of amides is 2. The summed E-state index contributed by atoms with van der Waals surface area (Å²) in [5.74, 6) is -0.174. The summed E-state index contributed by atoms with van der Waals surface area (Å²) in [5, 5.41) is 4.05. The number of methoxy groups -OCH3 is 1. The van der Waals surface area contributed by atoms with Crippen LogP contribution in [-0.4, -0.2) is 56.6 Å². The molecule has 1 unspecified atom stereocenters. The molecular formula is C27H36Cl3N3O5S. The summed E-state index contributed by atoms with van der Waals surface area (Å²) < 4.78 is 31.5. The van der Waals surface area contributed by atoms with Crippen molar-refractivity contribution in [3.05, 3.63) is 57.0 Å². The van der Waals surface area contributed by atoms with Crippen molar-refractivity contribution < 1.29 is 22.7 Å². The Kier molecular flexibility index (Phi) is 11.8. The van der Waals surface area contributed by atoms with Crippen molar-refractivity contribution in [1.29, 1.82) is 0 Å². The second-order valence-electron chi connectivity index (χ2n) is 10.2. The molecule has 2 aromatic rings. The lowest BCUT2D eigenvalue weighted by molar-refractivity contribution is -0.142. The van der Waals surface area contributed by atoms with Gasteiger partial charge in [0, 0.05) is 35.1 Å². The highest BCUT2D eigenvalue weighted by Gasteiger charge is 2.31. The van der Waals surface area contributed by atoms with Crippen molar-refractivity contribution in [1.82, 2.24) is 10.2 Å². The molecule has 39 heavy (non-hydrogen) atoms. The van der Waals surface area contributed by atoms with E-state index in [1.807, 2.05) is 27.7 Å². The standard InChI is InChI=1S/C27H36Cl3N3O5S/c1-7-23(26(35)31-27(2,3)4)32(17-18-10-11-19(28)15-21(18)29)25(34)9-8-14-33(39(6,36)37)20-12-13-24(38-5)22(30)16-20/h10-13,15-16,23H,7-9,14,17H2,1-6H3,(H,31,35). The topological polar surface area (TPSA) is 96.0 Å². The van der Waals surface area contributed by atoms with Gasteiger partial charge in [-0.05, 0) is 69.5 Å². The third-order valence-corrected chi connectivity index (χ3v) is 7.89. The Hall–Kier alpha value is -2.20. The maximum absolute atomic E-state index is 13.6. The Bertz CT molecular complexity index is 1280. The highest BCUT2D eigenvalue weighted by Crippen LogP contribution is 2.30. The van der Waals surface area contributed by atoms with Crippen LogP contribution < -0.4 is 14.4 Å². The zero-order valence-electron chi connectivity index (χ0n) is 23.1. The Morgan fingerprint density at radius 3 is 2.23 bits per heavy atom. The monoisotopic (exact) mass is 619 g/mol. The zero-order valence-corrected chi connectivity index (χ0v) is 26.1. The maximum atomic E-state index is 13.6. The molecule has 0 fully saturated rings. The fourth-order valence-electron chi connectivity index (χ4n) is 4.02. The van der Waals surface area contributed by atoms with Gasteiger partial charge < -0.3 is 15.0 Å². The van der Waals surface area contributed by atoms with Crippen LogP contribution in [-0.2, 0) is 26.2 Å². The second kappa shape index (κ2) is 13.9. The zero-order chi connectivity index (χ0) is 29.5. The predicted molar refractivity (Wildman–Crippen MR) is 158 cm³/mol. The molecular weight excluding hydrogens is 585 g/mol. The molecule has 0 bridgehead atoms. The van der Waals surface area contributed by atoms with E-state index in [4.69, 9.17) is 39.5 Å². The van der Waals surface area contributed by atoms with Gasteiger partial charge >= 0.3 is 0 Å². The summed E-state index contributed by atoms with van der Waals surface area (Å²) in [4.78, 5) is 28.2. The summed E-state index contributed by atoms with van der Waals surface area (Å²) in [6, 6.07) is 8.90. The molecule has 216 valence electrons. The Morgan fingerprint density at radius 1 is 1.05 bits per heavy atom. The minimum absolute atomic E-state index is 0.000410. The molecule has 0 saturated heterocycles. The van der Waals surface area contributed by atoms with E-state index in [1.165, 1.54) is 22.4 Å². The normalized spacial score (nSPS) is 12.5. The summed E-state index contributed by atoms with van der Waals surface area (Å²) in [6.45, 7) is 7.55. The van der Waals surface area contributed by atoms with Gasteiger partial charge in [0.05, 0.1) is 24.1 Å². The van der Waals surface area contributed by atoms with Crippen molar-refractivity contribution in [2.75, 3.05) is 24.2 Å². The number of sulfonamides is 1. The number of ether oxygens (including phenoxy) is 1. The molecule has 0 radical (unpaired) electrons. The fraction of sp³-hybridized carbons (Fsp3) is 0.481. The number of benzene rings is 2. The smallest absolute Gasteiger partial charge is 0.243 e. The van der Waals surface area contributed by atoms with Gasteiger partial charge in [-0.15, -0.1) is 0 Å². The molecule has 0 heterocycles. The summed E-state index contributed by atoms with van der Waals surface area (Å²) in [6.07, 6.45) is 1.67. The van der Waals surface area contributed by atoms with E-state index < -0.39 is 21.6 Å². The molecule has 0 aliphatic heterocycles. The van der Waals surface area contributed by atoms with Gasteiger partial charge in [0.2, 0.25) is 21.8 Å². The van der Waals surface area contributed by atoms with Crippen LogP contribution in [0.15, 0.2) is 36.4 Å². The van der Waals surface area contributed by atoms with Crippen LogP contribution in [0.1, 0.15) is 52.5 Å². The average molecular weight is 621 g/mol. The minimum Gasteiger partial charge on any atom is -0.495 e. The van der Waals surface area contributed by atoms with Gasteiger partial charge in [0.25, 0.3) is 0 Å². The van der Waals surface area contributed by atoms with Crippen LogP contribution in [0.25, 0.3) is 0 Å². The molecule has 8 nitrogen and oxygen atoms in total. The van der Waals surface area contributed by atoms with E-state index in [9.17, 15) is 18.0 Å². The lowest BCUT2D eigenvalue weighted by Gasteiger charge is -2.33. The quantitative estimate of drug-likeness (QED) is 0.318. The van der Waals surface area contributed by atoms with Crippen LogP contribution in [0.3, 0.4) is 0 Å². The van der Waals surface area contributed by atoms with Crippen molar-refractivity contribution in [2.24, 2.45) is 0 Å². The van der Waals surface area contributed by atoms with E-state index in [0.717, 1.165) is 6.26 Å². The number of rotatable bonds is 12. The summed E-state index contributed by atoms with van der Waals surface area (Å²) >= 11 is 18.6. The summed E-state index contributed by atoms with van der Waals surface area (Å²) in [7, 11) is -2.20. The van der Waals surface area contributed by atoms with Gasteiger partial charge in [0.1, 0.15) is 11.8 Å². The lowest BCUT2D eigenvalue weighted by Crippen LogP contribution is -2.53. The largest absolute Gasteiger partial charge is 0.495 e. The third kappa shape index (κ3) is 9.74. The number of nitrogens with zero attached hydrogens (tertiary/aromatic N) is 2. The number of carbonyl (C=O) groups excluding carboxylic acids is 2. The SMILES string of the molecule is CCC(C(=O)NC(C)(C)C)N(Cc1ccc(Cl)cc1Cl)C(=O)CCCN(c1ccc(OC)c(Cl)c1)S(C)(=O)=O. The lowest BCUT2D eigenvalue weighted by atomic mass is 10.0. The van der Waals surface area contributed by atoms with Crippen molar-refractivity contribution in [2.45, 2.75) is 65.1 Å². The number of hydrogen-bond donors (Lipinski definition) is 1. The molecule has 0 aromatic heterocycles. The molecule has 0 saturated carbocycles. The molecule has 0 spiro atoms. The summed E-state index contributed by atoms with van der Waals surface area (Å²) in [5.41, 5.74) is 0.505. The van der Waals surface area contributed by atoms with Crippen LogP contribution in [0.2, 0.25) is 15.1 Å². The molecule has 2 amide bonds. The molecule has 1 N–H and O–H groups in total. The molecule has 2 aromatic carbocycles. The van der Waals surface area contributed by atoms with E-state index >= 15 is 0 Å². The van der Waals surface area contributed by atoms with E-state index in [2.05, 4.69) is 5.32 Å². The number of nitrogens with one attached hydrogen (secondary N) is 1. The van der Waals surface area contributed by atoms with E-state index in [1.54, 1.807) is 30.3 Å². The molecule has 12 heteroatoms.